The van der Waals surface area contributed by atoms with E-state index in [1.54, 1.807) is 12.1 Å². The van der Waals surface area contributed by atoms with Crippen molar-refractivity contribution in [1.29, 1.82) is 0 Å². The molecule has 1 amide bonds. The van der Waals surface area contributed by atoms with Crippen LogP contribution in [0, 0.1) is 23.4 Å². The van der Waals surface area contributed by atoms with Crippen LogP contribution in [0.3, 0.4) is 0 Å². The normalized spacial score (nSPS) is 23.1. The van der Waals surface area contributed by atoms with Crippen LogP contribution in [0.25, 0.3) is 22.2 Å². The summed E-state index contributed by atoms with van der Waals surface area (Å²) in [7, 11) is 0. The van der Waals surface area contributed by atoms with Crippen molar-refractivity contribution in [2.75, 3.05) is 13.2 Å². The van der Waals surface area contributed by atoms with Crippen molar-refractivity contribution in [2.45, 2.75) is 31.3 Å². The lowest BCUT2D eigenvalue weighted by Crippen LogP contribution is -2.45. The van der Waals surface area contributed by atoms with Crippen molar-refractivity contribution < 1.29 is 22.7 Å². The quantitative estimate of drug-likeness (QED) is 0.639. The van der Waals surface area contributed by atoms with Gasteiger partial charge < -0.3 is 15.0 Å². The number of hydrogen-bond acceptors (Lipinski definition) is 2. The Morgan fingerprint density at radius 2 is 1.83 bits per heavy atom. The van der Waals surface area contributed by atoms with Gasteiger partial charge in [0.25, 0.3) is 0 Å². The van der Waals surface area contributed by atoms with Gasteiger partial charge in [0.15, 0.2) is 0 Å². The van der Waals surface area contributed by atoms with E-state index in [2.05, 4.69) is 10.3 Å². The Labute approximate surface area is 171 Å². The maximum absolute atomic E-state index is 14.4. The molecule has 1 saturated carbocycles. The molecule has 3 aromatic rings. The van der Waals surface area contributed by atoms with Crippen LogP contribution in [0.2, 0.25) is 0 Å². The molecule has 2 fully saturated rings. The number of H-pyrrole nitrogens is 1. The number of carbonyl (C=O) groups excluding carboxylic acids is 1. The number of rotatable bonds is 5. The highest BCUT2D eigenvalue weighted by Crippen LogP contribution is 2.48. The second-order valence-corrected chi connectivity index (χ2v) is 8.16. The first-order valence-electron chi connectivity index (χ1n) is 10.2. The Morgan fingerprint density at radius 3 is 2.50 bits per heavy atom. The van der Waals surface area contributed by atoms with E-state index >= 15 is 0 Å². The third kappa shape index (κ3) is 3.37. The molecule has 2 aromatic carbocycles. The predicted octanol–water partition coefficient (Wildman–Crippen LogP) is 4.65. The SMILES string of the molecule is O=C(NC[C@H]1C[C@@H](c2c(-c3ccc(F)cc3)[nH]c3c(F)cc(F)cc32)C1)[C@@H]1CCO1. The Hall–Kier alpha value is -2.80. The maximum Gasteiger partial charge on any atom is 0.249 e. The molecule has 0 bridgehead atoms. The second-order valence-electron chi connectivity index (χ2n) is 8.16. The first kappa shape index (κ1) is 19.2. The lowest BCUT2D eigenvalue weighted by molar-refractivity contribution is -0.145. The number of nitrogens with one attached hydrogen (secondary N) is 2. The molecule has 2 heterocycles. The van der Waals surface area contributed by atoms with Crippen LogP contribution in [0.5, 0.6) is 0 Å². The Bertz CT molecular complexity index is 1100. The van der Waals surface area contributed by atoms with Gasteiger partial charge in [-0.1, -0.05) is 0 Å². The van der Waals surface area contributed by atoms with Crippen LogP contribution < -0.4 is 5.32 Å². The Morgan fingerprint density at radius 1 is 1.10 bits per heavy atom. The summed E-state index contributed by atoms with van der Waals surface area (Å²) in [5, 5.41) is 3.44. The van der Waals surface area contributed by atoms with E-state index in [9.17, 15) is 18.0 Å². The average molecular weight is 414 g/mol. The molecule has 1 aliphatic heterocycles. The van der Waals surface area contributed by atoms with Crippen molar-refractivity contribution in [3.05, 3.63) is 59.4 Å². The highest BCUT2D eigenvalue weighted by atomic mass is 19.1. The van der Waals surface area contributed by atoms with E-state index in [0.29, 0.717) is 30.1 Å². The zero-order chi connectivity index (χ0) is 20.8. The largest absolute Gasteiger partial charge is 0.368 e. The first-order valence-corrected chi connectivity index (χ1v) is 10.2. The molecular formula is C23H21F3N2O2. The molecule has 1 atom stereocenters. The van der Waals surface area contributed by atoms with Gasteiger partial charge >= 0.3 is 0 Å². The van der Waals surface area contributed by atoms with Gasteiger partial charge in [-0.2, -0.15) is 0 Å². The van der Waals surface area contributed by atoms with Crippen molar-refractivity contribution >= 4 is 16.8 Å². The van der Waals surface area contributed by atoms with E-state index in [0.717, 1.165) is 36.5 Å². The standard InChI is InChI=1S/C23H21F3N2O2/c24-15-3-1-13(2-4-15)21-20(17-9-16(25)10-18(26)22(17)28-21)14-7-12(8-14)11-27-23(29)19-5-6-30-19/h1-4,9-10,12,14,19,28H,5-8,11H2,(H,27,29)/t12-,14+,19-/m0/s1. The van der Waals surface area contributed by atoms with E-state index in [1.807, 2.05) is 0 Å². The zero-order valence-corrected chi connectivity index (χ0v) is 16.2. The van der Waals surface area contributed by atoms with Crippen LogP contribution in [-0.2, 0) is 9.53 Å². The molecule has 30 heavy (non-hydrogen) atoms. The van der Waals surface area contributed by atoms with Crippen molar-refractivity contribution in [1.82, 2.24) is 10.3 Å². The molecule has 1 aromatic heterocycles. The van der Waals surface area contributed by atoms with Crippen LogP contribution >= 0.6 is 0 Å². The minimum atomic E-state index is -0.650. The summed E-state index contributed by atoms with van der Waals surface area (Å²) in [6.45, 7) is 1.19. The van der Waals surface area contributed by atoms with Gasteiger partial charge in [-0.3, -0.25) is 4.79 Å². The van der Waals surface area contributed by atoms with Gasteiger partial charge in [0, 0.05) is 24.4 Å². The minimum absolute atomic E-state index is 0.0760. The first-order chi connectivity index (χ1) is 14.5. The van der Waals surface area contributed by atoms with Gasteiger partial charge in [0.05, 0.1) is 17.8 Å². The Kier molecular flexibility index (Phi) is 4.77. The Balaban J connectivity index is 1.41. The monoisotopic (exact) mass is 414 g/mol. The van der Waals surface area contributed by atoms with E-state index in [1.165, 1.54) is 18.2 Å². The fourth-order valence-electron chi connectivity index (χ4n) is 4.45. The van der Waals surface area contributed by atoms with E-state index < -0.39 is 11.6 Å². The van der Waals surface area contributed by atoms with Gasteiger partial charge in [-0.15, -0.1) is 0 Å². The van der Waals surface area contributed by atoms with Crippen molar-refractivity contribution in [3.63, 3.8) is 0 Å². The fraction of sp³-hybridized carbons (Fsp3) is 0.348. The summed E-state index contributed by atoms with van der Waals surface area (Å²) in [6.07, 6.45) is 2.02. The van der Waals surface area contributed by atoms with E-state index in [4.69, 9.17) is 4.74 Å². The summed E-state index contributed by atoms with van der Waals surface area (Å²) in [5.74, 6) is -1.32. The lowest BCUT2D eigenvalue weighted by atomic mass is 9.70. The van der Waals surface area contributed by atoms with E-state index in [-0.39, 0.29) is 29.3 Å². The molecule has 5 rings (SSSR count). The molecule has 2 aliphatic rings. The van der Waals surface area contributed by atoms with Crippen molar-refractivity contribution in [3.8, 4) is 11.3 Å². The third-order valence-corrected chi connectivity index (χ3v) is 6.20. The van der Waals surface area contributed by atoms with Crippen LogP contribution in [-0.4, -0.2) is 30.1 Å². The molecule has 7 heteroatoms. The highest BCUT2D eigenvalue weighted by Gasteiger charge is 2.35. The molecule has 2 N–H and O–H groups in total. The molecular weight excluding hydrogens is 393 g/mol. The van der Waals surface area contributed by atoms with Crippen LogP contribution in [0.4, 0.5) is 13.2 Å². The lowest BCUT2D eigenvalue weighted by Gasteiger charge is -2.37. The predicted molar refractivity (Wildman–Crippen MR) is 106 cm³/mol. The second kappa shape index (κ2) is 7.47. The summed E-state index contributed by atoms with van der Waals surface area (Å²) < 4.78 is 47.0. The number of amides is 1. The van der Waals surface area contributed by atoms with Crippen LogP contribution in [0.15, 0.2) is 36.4 Å². The molecule has 4 nitrogen and oxygen atoms in total. The molecule has 0 unspecified atom stereocenters. The molecule has 0 spiro atoms. The number of aromatic amines is 1. The highest BCUT2D eigenvalue weighted by molar-refractivity contribution is 5.92. The number of benzene rings is 2. The summed E-state index contributed by atoms with van der Waals surface area (Å²) in [6, 6.07) is 8.17. The average Bonchev–Trinajstić information content (AvgIpc) is 2.99. The van der Waals surface area contributed by atoms with Gasteiger partial charge in [0.1, 0.15) is 23.6 Å². The third-order valence-electron chi connectivity index (χ3n) is 6.20. The van der Waals surface area contributed by atoms with Gasteiger partial charge in [-0.05, 0) is 66.1 Å². The summed E-state index contributed by atoms with van der Waals surface area (Å²) in [5.41, 5.74) is 2.51. The fourth-order valence-corrected chi connectivity index (χ4v) is 4.45. The van der Waals surface area contributed by atoms with Crippen molar-refractivity contribution in [2.24, 2.45) is 5.92 Å². The molecule has 1 aliphatic carbocycles. The summed E-state index contributed by atoms with van der Waals surface area (Å²) in [4.78, 5) is 15.0. The smallest absolute Gasteiger partial charge is 0.249 e. The zero-order valence-electron chi connectivity index (χ0n) is 16.2. The maximum atomic E-state index is 14.4. The molecule has 0 radical (unpaired) electrons. The number of hydrogen-bond donors (Lipinski definition) is 2. The summed E-state index contributed by atoms with van der Waals surface area (Å²) >= 11 is 0. The minimum Gasteiger partial charge on any atom is -0.368 e. The number of fused-ring (bicyclic) bond motifs is 1. The molecule has 156 valence electrons. The number of ether oxygens (including phenoxy) is 1. The van der Waals surface area contributed by atoms with Gasteiger partial charge in [-0.25, -0.2) is 13.2 Å². The topological polar surface area (TPSA) is 54.1 Å². The van der Waals surface area contributed by atoms with Gasteiger partial charge in [0.2, 0.25) is 5.91 Å². The van der Waals surface area contributed by atoms with Crippen LogP contribution in [0.1, 0.15) is 30.7 Å². The number of carbonyl (C=O) groups is 1. The number of aromatic nitrogens is 1. The number of halogens is 3. The molecule has 1 saturated heterocycles.